The summed E-state index contributed by atoms with van der Waals surface area (Å²) in [5, 5.41) is 2.87. The Morgan fingerprint density at radius 2 is 1.70 bits per heavy atom. The van der Waals surface area contributed by atoms with Gasteiger partial charge >= 0.3 is 0 Å². The van der Waals surface area contributed by atoms with Crippen LogP contribution in [0, 0.1) is 0 Å². The fourth-order valence-electron chi connectivity index (χ4n) is 2.91. The van der Waals surface area contributed by atoms with Crippen molar-refractivity contribution in [2.45, 2.75) is 11.5 Å². The first kappa shape index (κ1) is 21.5. The van der Waals surface area contributed by atoms with Crippen molar-refractivity contribution < 1.29 is 14.3 Å². The molecule has 6 heteroatoms. The van der Waals surface area contributed by atoms with Gasteiger partial charge in [0.25, 0.3) is 5.91 Å². The quantitative estimate of drug-likeness (QED) is 0.537. The molecule has 0 aliphatic carbocycles. The van der Waals surface area contributed by atoms with Gasteiger partial charge in [-0.2, -0.15) is 0 Å². The number of para-hydroxylation sites is 1. The molecule has 0 heterocycles. The van der Waals surface area contributed by atoms with Gasteiger partial charge in [-0.1, -0.05) is 48.5 Å². The first-order chi connectivity index (χ1) is 14.6. The molecule has 30 heavy (non-hydrogen) atoms. The number of benzene rings is 3. The molecule has 1 N–H and O–H groups in total. The summed E-state index contributed by atoms with van der Waals surface area (Å²) in [5.41, 5.74) is 2.26. The van der Waals surface area contributed by atoms with E-state index in [4.69, 9.17) is 4.74 Å². The van der Waals surface area contributed by atoms with Gasteiger partial charge in [-0.15, -0.1) is 11.8 Å². The van der Waals surface area contributed by atoms with Gasteiger partial charge in [0, 0.05) is 17.5 Å². The molecule has 0 fully saturated rings. The van der Waals surface area contributed by atoms with Gasteiger partial charge < -0.3 is 15.0 Å². The summed E-state index contributed by atoms with van der Waals surface area (Å²) in [5.74, 6) is 0.119. The Bertz CT molecular complexity index is 1010. The maximum Gasteiger partial charge on any atom is 0.254 e. The first-order valence-electron chi connectivity index (χ1n) is 9.52. The Kier molecular flexibility index (Phi) is 7.51. The molecule has 3 aromatic rings. The van der Waals surface area contributed by atoms with E-state index in [0.717, 1.165) is 16.1 Å². The van der Waals surface area contributed by atoms with Crippen LogP contribution >= 0.6 is 11.8 Å². The van der Waals surface area contributed by atoms with Crippen LogP contribution in [-0.2, 0) is 11.4 Å². The average molecular weight is 421 g/mol. The van der Waals surface area contributed by atoms with Gasteiger partial charge in [-0.25, -0.2) is 0 Å². The standard InChI is InChI=1S/C24H24N2O3S/c1-26(16-23(27)25-21-13-6-7-14-22(21)30-2)24(28)19-11-8-12-20(15-19)29-17-18-9-4-3-5-10-18/h3-15H,16-17H2,1-2H3,(H,25,27). The van der Waals surface area contributed by atoms with Gasteiger partial charge in [0.15, 0.2) is 0 Å². The predicted molar refractivity (Wildman–Crippen MR) is 121 cm³/mol. The van der Waals surface area contributed by atoms with Crippen molar-refractivity contribution in [2.75, 3.05) is 25.2 Å². The van der Waals surface area contributed by atoms with E-state index < -0.39 is 0 Å². The van der Waals surface area contributed by atoms with E-state index in [1.54, 1.807) is 37.0 Å². The Hall–Kier alpha value is -3.25. The third kappa shape index (κ3) is 5.87. The number of hydrogen-bond donors (Lipinski definition) is 1. The monoisotopic (exact) mass is 420 g/mol. The van der Waals surface area contributed by atoms with Crippen LogP contribution in [0.4, 0.5) is 5.69 Å². The summed E-state index contributed by atoms with van der Waals surface area (Å²) >= 11 is 1.55. The molecular weight excluding hydrogens is 396 g/mol. The molecule has 0 aliphatic rings. The van der Waals surface area contributed by atoms with Crippen LogP contribution in [0.3, 0.4) is 0 Å². The Labute approximate surface area is 181 Å². The highest BCUT2D eigenvalue weighted by molar-refractivity contribution is 7.98. The van der Waals surface area contributed by atoms with E-state index in [1.165, 1.54) is 4.90 Å². The van der Waals surface area contributed by atoms with Crippen LogP contribution in [0.2, 0.25) is 0 Å². The van der Waals surface area contributed by atoms with E-state index in [0.29, 0.717) is 17.9 Å². The zero-order valence-corrected chi connectivity index (χ0v) is 17.8. The Morgan fingerprint density at radius 3 is 2.47 bits per heavy atom. The maximum absolute atomic E-state index is 12.8. The molecule has 154 valence electrons. The minimum absolute atomic E-state index is 0.0450. The van der Waals surface area contributed by atoms with Crippen LogP contribution in [0.5, 0.6) is 5.75 Å². The lowest BCUT2D eigenvalue weighted by molar-refractivity contribution is -0.116. The van der Waals surface area contributed by atoms with E-state index in [-0.39, 0.29) is 18.4 Å². The van der Waals surface area contributed by atoms with Gasteiger partial charge in [0.1, 0.15) is 12.4 Å². The predicted octanol–water partition coefficient (Wildman–Crippen LogP) is 4.70. The summed E-state index contributed by atoms with van der Waals surface area (Å²) in [6.07, 6.45) is 1.95. The number of carbonyl (C=O) groups excluding carboxylic acids is 2. The number of nitrogens with one attached hydrogen (secondary N) is 1. The largest absolute Gasteiger partial charge is 0.489 e. The Morgan fingerprint density at radius 1 is 0.967 bits per heavy atom. The Balaban J connectivity index is 1.59. The summed E-state index contributed by atoms with van der Waals surface area (Å²) in [6.45, 7) is 0.377. The topological polar surface area (TPSA) is 58.6 Å². The van der Waals surface area contributed by atoms with Crippen molar-refractivity contribution in [3.63, 3.8) is 0 Å². The second-order valence-electron chi connectivity index (χ2n) is 6.71. The molecule has 5 nitrogen and oxygen atoms in total. The highest BCUT2D eigenvalue weighted by Crippen LogP contribution is 2.24. The number of nitrogens with zero attached hydrogens (tertiary/aromatic N) is 1. The van der Waals surface area contributed by atoms with Crippen LogP contribution < -0.4 is 10.1 Å². The van der Waals surface area contributed by atoms with Gasteiger partial charge in [-0.05, 0) is 42.2 Å². The number of anilines is 1. The second kappa shape index (κ2) is 10.5. The number of likely N-dealkylation sites (N-methyl/N-ethyl adjacent to an activating group) is 1. The molecule has 0 spiro atoms. The minimum atomic E-state index is -0.246. The normalized spacial score (nSPS) is 10.3. The SMILES string of the molecule is CSc1ccccc1NC(=O)CN(C)C(=O)c1cccc(OCc2ccccc2)c1. The molecule has 0 saturated heterocycles. The lowest BCUT2D eigenvalue weighted by Gasteiger charge is -2.18. The lowest BCUT2D eigenvalue weighted by Crippen LogP contribution is -2.35. The molecule has 0 atom stereocenters. The van der Waals surface area contributed by atoms with Crippen molar-refractivity contribution in [3.05, 3.63) is 90.0 Å². The maximum atomic E-state index is 12.8. The lowest BCUT2D eigenvalue weighted by atomic mass is 10.2. The van der Waals surface area contributed by atoms with E-state index in [1.807, 2.05) is 66.9 Å². The fourth-order valence-corrected chi connectivity index (χ4v) is 3.46. The summed E-state index contributed by atoms with van der Waals surface area (Å²) < 4.78 is 5.80. The van der Waals surface area contributed by atoms with Crippen LogP contribution in [0.1, 0.15) is 15.9 Å². The van der Waals surface area contributed by atoms with Crippen LogP contribution in [0.25, 0.3) is 0 Å². The average Bonchev–Trinajstić information content (AvgIpc) is 2.78. The van der Waals surface area contributed by atoms with E-state index in [9.17, 15) is 9.59 Å². The molecule has 0 unspecified atom stereocenters. The molecule has 0 radical (unpaired) electrons. The zero-order chi connectivity index (χ0) is 21.3. The third-order valence-electron chi connectivity index (χ3n) is 4.44. The molecular formula is C24H24N2O3S. The highest BCUT2D eigenvalue weighted by atomic mass is 32.2. The molecule has 0 bridgehead atoms. The zero-order valence-electron chi connectivity index (χ0n) is 17.0. The fraction of sp³-hybridized carbons (Fsp3) is 0.167. The van der Waals surface area contributed by atoms with Crippen molar-refractivity contribution in [3.8, 4) is 5.75 Å². The van der Waals surface area contributed by atoms with Gasteiger partial charge in [0.2, 0.25) is 5.91 Å². The number of amides is 2. The van der Waals surface area contributed by atoms with Gasteiger partial charge in [0.05, 0.1) is 12.2 Å². The second-order valence-corrected chi connectivity index (χ2v) is 7.56. The highest BCUT2D eigenvalue weighted by Gasteiger charge is 2.16. The molecule has 2 amide bonds. The number of thioether (sulfide) groups is 1. The summed E-state index contributed by atoms with van der Waals surface area (Å²) in [4.78, 5) is 27.6. The number of ether oxygens (including phenoxy) is 1. The van der Waals surface area contributed by atoms with E-state index >= 15 is 0 Å². The third-order valence-corrected chi connectivity index (χ3v) is 5.23. The number of carbonyl (C=O) groups is 2. The van der Waals surface area contributed by atoms with Crippen molar-refractivity contribution >= 4 is 29.3 Å². The number of rotatable bonds is 8. The minimum Gasteiger partial charge on any atom is -0.489 e. The van der Waals surface area contributed by atoms with Crippen LogP contribution in [-0.4, -0.2) is 36.6 Å². The van der Waals surface area contributed by atoms with E-state index in [2.05, 4.69) is 5.32 Å². The molecule has 0 aliphatic heterocycles. The van der Waals surface area contributed by atoms with Crippen molar-refractivity contribution in [1.82, 2.24) is 4.90 Å². The molecule has 0 aromatic heterocycles. The first-order valence-corrected chi connectivity index (χ1v) is 10.7. The molecule has 3 rings (SSSR count). The summed E-state index contributed by atoms with van der Waals surface area (Å²) in [6, 6.07) is 24.4. The number of hydrogen-bond acceptors (Lipinski definition) is 4. The van der Waals surface area contributed by atoms with Crippen molar-refractivity contribution in [2.24, 2.45) is 0 Å². The van der Waals surface area contributed by atoms with Gasteiger partial charge in [-0.3, -0.25) is 9.59 Å². The summed E-state index contributed by atoms with van der Waals surface area (Å²) in [7, 11) is 1.61. The van der Waals surface area contributed by atoms with Crippen LogP contribution in [0.15, 0.2) is 83.8 Å². The molecule has 0 saturated carbocycles. The smallest absolute Gasteiger partial charge is 0.254 e. The molecule has 3 aromatic carbocycles. The van der Waals surface area contributed by atoms with Crippen molar-refractivity contribution in [1.29, 1.82) is 0 Å².